The van der Waals surface area contributed by atoms with E-state index in [1.54, 1.807) is 0 Å². The third kappa shape index (κ3) is 5.50. The number of aliphatic hydroxyl groups is 7. The van der Waals surface area contributed by atoms with Crippen LogP contribution in [0.25, 0.3) is 0 Å². The summed E-state index contributed by atoms with van der Waals surface area (Å²) < 4.78 is 12.1. The summed E-state index contributed by atoms with van der Waals surface area (Å²) in [6.07, 6.45) is 4.42. The Morgan fingerprint density at radius 1 is 0.956 bits per heavy atom. The van der Waals surface area contributed by atoms with Crippen LogP contribution < -0.4 is 0 Å². The number of hydrogen-bond acceptors (Lipinski definition) is 9. The summed E-state index contributed by atoms with van der Waals surface area (Å²) in [7, 11) is 0. The predicted octanol–water partition coefficient (Wildman–Crippen LogP) is 3.07. The van der Waals surface area contributed by atoms with Crippen molar-refractivity contribution in [2.24, 2.45) is 45.3 Å². The van der Waals surface area contributed by atoms with Crippen molar-refractivity contribution >= 4 is 0 Å². The van der Waals surface area contributed by atoms with Crippen LogP contribution in [-0.4, -0.2) is 98.5 Å². The first-order valence-corrected chi connectivity index (χ1v) is 17.4. The molecule has 0 amide bonds. The molecule has 7 N–H and O–H groups in total. The molecule has 14 atom stereocenters. The van der Waals surface area contributed by atoms with Gasteiger partial charge in [0.25, 0.3) is 0 Å². The Bertz CT molecular complexity index is 1110. The molecule has 9 nitrogen and oxygen atoms in total. The van der Waals surface area contributed by atoms with E-state index in [9.17, 15) is 35.7 Å². The molecule has 3 unspecified atom stereocenters. The zero-order chi connectivity index (χ0) is 33.1. The van der Waals surface area contributed by atoms with Crippen molar-refractivity contribution in [3.63, 3.8) is 0 Å². The normalized spacial score (nSPS) is 48.1. The molecule has 0 aromatic rings. The Morgan fingerprint density at radius 3 is 2.29 bits per heavy atom. The highest BCUT2D eigenvalue weighted by molar-refractivity contribution is 5.31. The topological polar surface area (TPSA) is 160 Å². The summed E-state index contributed by atoms with van der Waals surface area (Å²) in [5.74, 6) is 1.48. The van der Waals surface area contributed by atoms with Crippen molar-refractivity contribution in [3.8, 4) is 0 Å². The number of aliphatic hydroxyl groups excluding tert-OH is 7. The third-order valence-electron chi connectivity index (χ3n) is 14.2. The van der Waals surface area contributed by atoms with Gasteiger partial charge in [-0.25, -0.2) is 0 Å². The molecule has 4 aliphatic carbocycles. The minimum atomic E-state index is -1.48. The van der Waals surface area contributed by atoms with E-state index < -0.39 is 48.8 Å². The average molecular weight is 637 g/mol. The van der Waals surface area contributed by atoms with Gasteiger partial charge in [0.15, 0.2) is 6.29 Å². The molecule has 45 heavy (non-hydrogen) atoms. The lowest BCUT2D eigenvalue weighted by atomic mass is 9.38. The molecule has 0 spiro atoms. The fourth-order valence-electron chi connectivity index (χ4n) is 11.2. The van der Waals surface area contributed by atoms with Gasteiger partial charge in [0.05, 0.1) is 32.0 Å². The Balaban J connectivity index is 1.37. The zero-order valence-corrected chi connectivity index (χ0v) is 28.2. The second-order valence-electron chi connectivity index (χ2n) is 16.4. The quantitative estimate of drug-likeness (QED) is 0.189. The van der Waals surface area contributed by atoms with Gasteiger partial charge in [-0.2, -0.15) is 0 Å². The van der Waals surface area contributed by atoms with Crippen LogP contribution in [-0.2, 0) is 9.47 Å². The molecule has 258 valence electrons. The van der Waals surface area contributed by atoms with E-state index in [0.717, 1.165) is 44.9 Å². The second-order valence-corrected chi connectivity index (χ2v) is 16.4. The summed E-state index contributed by atoms with van der Waals surface area (Å²) in [6.45, 7) is 13.2. The Morgan fingerprint density at radius 2 is 1.64 bits per heavy atom. The molecule has 0 bridgehead atoms. The predicted molar refractivity (Wildman–Crippen MR) is 170 cm³/mol. The number of ether oxygens (including phenoxy) is 2. The van der Waals surface area contributed by atoms with Crippen LogP contribution in [0.1, 0.15) is 92.9 Å². The van der Waals surface area contributed by atoms with Gasteiger partial charge in [-0.1, -0.05) is 59.3 Å². The fraction of sp³-hybridized carbons (Fsp3) is 0.889. The maximum Gasteiger partial charge on any atom is 0.187 e. The lowest BCUT2D eigenvalue weighted by molar-refractivity contribution is -0.320. The second kappa shape index (κ2) is 12.9. The fourth-order valence-corrected chi connectivity index (χ4v) is 11.2. The minimum Gasteiger partial charge on any atom is -0.394 e. The molecule has 4 fully saturated rings. The van der Waals surface area contributed by atoms with Crippen LogP contribution in [0.3, 0.4) is 0 Å². The van der Waals surface area contributed by atoms with E-state index in [-0.39, 0.29) is 41.5 Å². The number of rotatable bonds is 9. The summed E-state index contributed by atoms with van der Waals surface area (Å²) in [6, 6.07) is 0. The van der Waals surface area contributed by atoms with E-state index >= 15 is 0 Å². The number of hydrogen-bond donors (Lipinski definition) is 7. The molecule has 0 aromatic carbocycles. The molecule has 1 saturated heterocycles. The molecule has 5 aliphatic rings. The van der Waals surface area contributed by atoms with Gasteiger partial charge in [-0.05, 0) is 91.4 Å². The highest BCUT2D eigenvalue weighted by Gasteiger charge is 2.70. The smallest absolute Gasteiger partial charge is 0.187 e. The lowest BCUT2D eigenvalue weighted by Gasteiger charge is -2.67. The van der Waals surface area contributed by atoms with Gasteiger partial charge in [-0.3, -0.25) is 0 Å². The van der Waals surface area contributed by atoms with Crippen molar-refractivity contribution in [2.75, 3.05) is 19.8 Å². The number of allylic oxidation sites excluding steroid dienone is 2. The molecular formula is C36H60O9. The van der Waals surface area contributed by atoms with Gasteiger partial charge in [0.2, 0.25) is 0 Å². The van der Waals surface area contributed by atoms with Crippen LogP contribution in [0.4, 0.5) is 0 Å². The van der Waals surface area contributed by atoms with Crippen LogP contribution in [0.2, 0.25) is 0 Å². The van der Waals surface area contributed by atoms with Crippen LogP contribution in [0, 0.1) is 45.3 Å². The molecule has 0 aromatic heterocycles. The van der Waals surface area contributed by atoms with Crippen molar-refractivity contribution in [1.29, 1.82) is 0 Å². The van der Waals surface area contributed by atoms with E-state index in [2.05, 4.69) is 47.6 Å². The zero-order valence-electron chi connectivity index (χ0n) is 28.2. The summed E-state index contributed by atoms with van der Waals surface area (Å²) in [4.78, 5) is 0. The van der Waals surface area contributed by atoms with E-state index in [1.807, 2.05) is 6.08 Å². The standard InChI is InChI=1S/C36H60O9/c1-20(8-7-9-21(17-37)18-38)22-14-15-34(4)26-12-10-23-24(36(26,6)27(40)16-35(22,34)5)11-13-28(33(23,2)3)45-32-31(43)30(42)29(41)25(19-39)44-32/h9-10,20,22,24-32,37-43H,7-8,11-19H2,1-6H3/t20-,22-,24-,25-,26?,27?,28?,29-,30+,31-,32+,34+,35-,36+/m1/s1. The third-order valence-corrected chi connectivity index (χ3v) is 14.2. The highest BCUT2D eigenvalue weighted by Crippen LogP contribution is 2.75. The van der Waals surface area contributed by atoms with Crippen LogP contribution in [0.5, 0.6) is 0 Å². The molecule has 1 heterocycles. The summed E-state index contributed by atoms with van der Waals surface area (Å²) >= 11 is 0. The Labute approximate surface area is 269 Å². The lowest BCUT2D eigenvalue weighted by Crippen LogP contribution is -2.65. The Kier molecular flexibility index (Phi) is 10.1. The van der Waals surface area contributed by atoms with Gasteiger partial charge in [0.1, 0.15) is 24.4 Å². The van der Waals surface area contributed by atoms with Crippen molar-refractivity contribution in [2.45, 2.75) is 136 Å². The molecule has 1 aliphatic heterocycles. The van der Waals surface area contributed by atoms with Gasteiger partial charge < -0.3 is 45.2 Å². The maximum absolute atomic E-state index is 12.2. The SMILES string of the molecule is C[C@H](CCC=C(CO)CO)[C@H]1CC[C@@]2(C)C3CC=C4[C@@H](CCC(O[C@@H]5O[C@H](CO)[C@@H](O)[C@H](O)[C@H]5O)C4(C)C)[C@]3(C)C(O)C[C@]12C. The maximum atomic E-state index is 12.2. The van der Waals surface area contributed by atoms with Gasteiger partial charge in [-0.15, -0.1) is 0 Å². The van der Waals surface area contributed by atoms with Crippen molar-refractivity contribution in [3.05, 3.63) is 23.3 Å². The largest absolute Gasteiger partial charge is 0.394 e. The minimum absolute atomic E-state index is 0.000787. The van der Waals surface area contributed by atoms with Gasteiger partial charge >= 0.3 is 0 Å². The molecule has 5 rings (SSSR count). The average Bonchev–Trinajstić information content (AvgIpc) is 3.27. The summed E-state index contributed by atoms with van der Waals surface area (Å²) in [5, 5.41) is 72.0. The Hall–Kier alpha value is -0.880. The summed E-state index contributed by atoms with van der Waals surface area (Å²) in [5.41, 5.74) is 1.33. The molecular weight excluding hydrogens is 576 g/mol. The van der Waals surface area contributed by atoms with Gasteiger partial charge in [0, 0.05) is 10.8 Å². The molecule has 9 heteroatoms. The van der Waals surface area contributed by atoms with E-state index in [1.165, 1.54) is 5.57 Å². The van der Waals surface area contributed by atoms with E-state index in [4.69, 9.17) is 9.47 Å². The molecule has 3 saturated carbocycles. The van der Waals surface area contributed by atoms with E-state index in [0.29, 0.717) is 29.7 Å². The highest BCUT2D eigenvalue weighted by atomic mass is 16.7. The first-order chi connectivity index (χ1) is 21.1. The monoisotopic (exact) mass is 636 g/mol. The number of fused-ring (bicyclic) bond motifs is 5. The van der Waals surface area contributed by atoms with Crippen molar-refractivity contribution in [1.82, 2.24) is 0 Å². The van der Waals surface area contributed by atoms with Crippen LogP contribution >= 0.6 is 0 Å². The molecule has 0 radical (unpaired) electrons. The van der Waals surface area contributed by atoms with Crippen molar-refractivity contribution < 1.29 is 45.2 Å². The van der Waals surface area contributed by atoms with Crippen LogP contribution in [0.15, 0.2) is 23.3 Å². The first-order valence-electron chi connectivity index (χ1n) is 17.4. The first kappa shape index (κ1) is 35.4.